The van der Waals surface area contributed by atoms with Crippen LogP contribution in [0.1, 0.15) is 25.0 Å². The number of hydrogen-bond acceptors (Lipinski definition) is 3. The van der Waals surface area contributed by atoms with Crippen LogP contribution in [-0.2, 0) is 5.41 Å². The molecule has 0 saturated carbocycles. The molecule has 3 heteroatoms. The maximum Gasteiger partial charge on any atom is 0.101 e. The Morgan fingerprint density at radius 3 is 1.78 bits per heavy atom. The molecule has 9 rings (SSSR count). The summed E-state index contributed by atoms with van der Waals surface area (Å²) < 4.78 is 1.27. The van der Waals surface area contributed by atoms with Gasteiger partial charge in [0, 0.05) is 27.2 Å². The van der Waals surface area contributed by atoms with Crippen LogP contribution in [0.2, 0.25) is 0 Å². The average Bonchev–Trinajstić information content (AvgIpc) is 3.59. The molecular weight excluding hydrogens is 625 g/mol. The van der Waals surface area contributed by atoms with Crippen molar-refractivity contribution in [3.8, 4) is 22.3 Å². The van der Waals surface area contributed by atoms with Crippen molar-refractivity contribution in [2.75, 3.05) is 9.80 Å². The first-order valence-corrected chi connectivity index (χ1v) is 18.0. The van der Waals surface area contributed by atoms with Crippen molar-refractivity contribution in [1.82, 2.24) is 0 Å². The number of rotatable bonds is 6. The summed E-state index contributed by atoms with van der Waals surface area (Å²) in [6.45, 7) is 4.71. The minimum atomic E-state index is -0.153. The highest BCUT2D eigenvalue weighted by Crippen LogP contribution is 2.52. The van der Waals surface area contributed by atoms with Crippen LogP contribution in [-0.4, -0.2) is 0 Å². The van der Waals surface area contributed by atoms with Crippen LogP contribution in [0.15, 0.2) is 182 Å². The van der Waals surface area contributed by atoms with Crippen molar-refractivity contribution < 1.29 is 0 Å². The molecule has 0 radical (unpaired) electrons. The van der Waals surface area contributed by atoms with Crippen LogP contribution >= 0.6 is 11.3 Å². The predicted molar refractivity (Wildman–Crippen MR) is 214 cm³/mol. The lowest BCUT2D eigenvalue weighted by Gasteiger charge is -2.42. The maximum atomic E-state index is 2.42. The fraction of sp³-hybridized carbons (Fsp3) is 0.0638. The van der Waals surface area contributed by atoms with Gasteiger partial charge in [0.2, 0.25) is 0 Å². The smallest absolute Gasteiger partial charge is 0.101 e. The Labute approximate surface area is 298 Å². The summed E-state index contributed by atoms with van der Waals surface area (Å²) in [5.41, 5.74) is 13.4. The molecule has 0 bridgehead atoms. The van der Waals surface area contributed by atoms with E-state index in [9.17, 15) is 0 Å². The molecule has 2 heterocycles. The van der Waals surface area contributed by atoms with Crippen molar-refractivity contribution >= 4 is 54.9 Å². The quantitative estimate of drug-likeness (QED) is 0.175. The van der Waals surface area contributed by atoms with Gasteiger partial charge in [0.1, 0.15) is 5.00 Å². The summed E-state index contributed by atoms with van der Waals surface area (Å²) in [6, 6.07) is 66.0. The van der Waals surface area contributed by atoms with Crippen LogP contribution in [0.5, 0.6) is 0 Å². The molecule has 240 valence electrons. The third kappa shape index (κ3) is 5.19. The van der Waals surface area contributed by atoms with E-state index in [2.05, 4.69) is 206 Å². The third-order valence-electron chi connectivity index (χ3n) is 10.1. The van der Waals surface area contributed by atoms with Gasteiger partial charge < -0.3 is 9.80 Å². The summed E-state index contributed by atoms with van der Waals surface area (Å²) in [7, 11) is 0. The van der Waals surface area contributed by atoms with E-state index in [-0.39, 0.29) is 5.41 Å². The average molecular weight is 661 g/mol. The van der Waals surface area contributed by atoms with Gasteiger partial charge in [-0.25, -0.2) is 0 Å². The van der Waals surface area contributed by atoms with Crippen LogP contribution < -0.4 is 9.80 Å². The van der Waals surface area contributed by atoms with E-state index in [1.165, 1.54) is 65.5 Å². The molecule has 0 atom stereocenters. The van der Waals surface area contributed by atoms with E-state index in [1.807, 2.05) is 11.3 Å². The number of hydrogen-bond donors (Lipinski definition) is 0. The SMILES string of the molecule is CC1(C)c2ccccc2N(c2ccccc2)c2ccc(-c3ccc4cc(N(c5ccccc5)c5ccc(-c6ccccc6)cc5)sc4c3)cc21. The number of benzene rings is 7. The van der Waals surface area contributed by atoms with E-state index >= 15 is 0 Å². The van der Waals surface area contributed by atoms with Gasteiger partial charge >= 0.3 is 0 Å². The molecule has 0 N–H and O–H groups in total. The summed E-state index contributed by atoms with van der Waals surface area (Å²) in [6.07, 6.45) is 0. The van der Waals surface area contributed by atoms with Crippen molar-refractivity contribution in [3.63, 3.8) is 0 Å². The summed E-state index contributed by atoms with van der Waals surface area (Å²) in [5.74, 6) is 0. The number of nitrogens with zero attached hydrogens (tertiary/aromatic N) is 2. The second-order valence-corrected chi connectivity index (χ2v) is 14.5. The van der Waals surface area contributed by atoms with Gasteiger partial charge in [-0.3, -0.25) is 0 Å². The zero-order valence-electron chi connectivity index (χ0n) is 28.1. The molecule has 1 aliphatic rings. The van der Waals surface area contributed by atoms with Crippen LogP contribution in [0.3, 0.4) is 0 Å². The minimum absolute atomic E-state index is 0.153. The van der Waals surface area contributed by atoms with Crippen LogP contribution in [0.25, 0.3) is 32.3 Å². The van der Waals surface area contributed by atoms with Crippen molar-refractivity contribution in [2.45, 2.75) is 19.3 Å². The predicted octanol–water partition coefficient (Wildman–Crippen LogP) is 13.8. The van der Waals surface area contributed by atoms with Gasteiger partial charge in [0.25, 0.3) is 0 Å². The second kappa shape index (κ2) is 12.2. The molecule has 0 unspecified atom stereocenters. The van der Waals surface area contributed by atoms with Crippen molar-refractivity contribution in [3.05, 3.63) is 193 Å². The van der Waals surface area contributed by atoms with Gasteiger partial charge in [0.05, 0.1) is 11.4 Å². The van der Waals surface area contributed by atoms with E-state index in [1.54, 1.807) is 0 Å². The first kappa shape index (κ1) is 30.2. The van der Waals surface area contributed by atoms with Crippen molar-refractivity contribution in [1.29, 1.82) is 0 Å². The van der Waals surface area contributed by atoms with Gasteiger partial charge in [0.15, 0.2) is 0 Å². The summed E-state index contributed by atoms with van der Waals surface area (Å²) in [5, 5.41) is 2.44. The molecule has 0 amide bonds. The summed E-state index contributed by atoms with van der Waals surface area (Å²) >= 11 is 1.84. The second-order valence-electron chi connectivity index (χ2n) is 13.5. The molecule has 50 heavy (non-hydrogen) atoms. The highest BCUT2D eigenvalue weighted by Gasteiger charge is 2.37. The lowest BCUT2D eigenvalue weighted by atomic mass is 9.73. The Balaban J connectivity index is 1.11. The molecule has 1 aliphatic heterocycles. The fourth-order valence-corrected chi connectivity index (χ4v) is 8.60. The number of anilines is 6. The zero-order valence-corrected chi connectivity index (χ0v) is 28.9. The molecule has 8 aromatic rings. The zero-order chi connectivity index (χ0) is 33.7. The Kier molecular flexibility index (Phi) is 7.37. The van der Waals surface area contributed by atoms with E-state index in [0.717, 1.165) is 11.4 Å². The number of para-hydroxylation sites is 3. The standard InChI is InChI=1S/C47H36N2S/c1-47(2)41-20-12-13-21-43(41)49(39-18-10-5-11-19-39)44-29-26-35(30-42(44)47)36-22-23-37-32-46(50-45(37)31-36)48(38-16-8-4-9-17-38)40-27-24-34(25-28-40)33-14-6-3-7-15-33/h3-32H,1-2H3. The van der Waals surface area contributed by atoms with Gasteiger partial charge in [-0.05, 0) is 105 Å². The van der Waals surface area contributed by atoms with Gasteiger partial charge in [-0.2, -0.15) is 0 Å². The molecule has 1 aromatic heterocycles. The Bertz CT molecular complexity index is 2450. The summed E-state index contributed by atoms with van der Waals surface area (Å²) in [4.78, 5) is 4.79. The number of fused-ring (bicyclic) bond motifs is 3. The van der Waals surface area contributed by atoms with E-state index in [4.69, 9.17) is 0 Å². The third-order valence-corrected chi connectivity index (χ3v) is 11.1. The topological polar surface area (TPSA) is 6.48 Å². The van der Waals surface area contributed by atoms with Crippen LogP contribution in [0.4, 0.5) is 33.4 Å². The van der Waals surface area contributed by atoms with Crippen LogP contribution in [0, 0.1) is 0 Å². The monoisotopic (exact) mass is 660 g/mol. The minimum Gasteiger partial charge on any atom is -0.310 e. The normalized spacial score (nSPS) is 13.1. The first-order valence-electron chi connectivity index (χ1n) is 17.2. The highest BCUT2D eigenvalue weighted by atomic mass is 32.1. The Hall–Kier alpha value is -5.90. The van der Waals surface area contributed by atoms with Gasteiger partial charge in [-0.15, -0.1) is 11.3 Å². The van der Waals surface area contributed by atoms with Crippen molar-refractivity contribution in [2.24, 2.45) is 0 Å². The number of thiophene rings is 1. The maximum absolute atomic E-state index is 2.42. The van der Waals surface area contributed by atoms with E-state index in [0.29, 0.717) is 0 Å². The molecule has 7 aromatic carbocycles. The molecular formula is C47H36N2S. The Morgan fingerprint density at radius 1 is 0.460 bits per heavy atom. The lowest BCUT2D eigenvalue weighted by molar-refractivity contribution is 0.632. The fourth-order valence-electron chi connectivity index (χ4n) is 7.46. The largest absolute Gasteiger partial charge is 0.310 e. The lowest BCUT2D eigenvalue weighted by Crippen LogP contribution is -2.30. The molecule has 2 nitrogen and oxygen atoms in total. The van der Waals surface area contributed by atoms with E-state index < -0.39 is 0 Å². The first-order chi connectivity index (χ1) is 24.5. The molecule has 0 aliphatic carbocycles. The molecule has 0 saturated heterocycles. The highest BCUT2D eigenvalue weighted by molar-refractivity contribution is 7.23. The Morgan fingerprint density at radius 2 is 1.02 bits per heavy atom. The molecule has 0 fully saturated rings. The molecule has 0 spiro atoms. The van der Waals surface area contributed by atoms with Gasteiger partial charge in [-0.1, -0.05) is 129 Å².